The summed E-state index contributed by atoms with van der Waals surface area (Å²) in [6.45, 7) is 0. The maximum Gasteiger partial charge on any atom is 0.573 e. The third-order valence-corrected chi connectivity index (χ3v) is 2.91. The van der Waals surface area contributed by atoms with E-state index in [4.69, 9.17) is 5.26 Å². The van der Waals surface area contributed by atoms with Crippen molar-refractivity contribution in [2.75, 3.05) is 7.11 Å². The van der Waals surface area contributed by atoms with Gasteiger partial charge in [0, 0.05) is 0 Å². The first-order chi connectivity index (χ1) is 8.30. The predicted molar refractivity (Wildman–Crippen MR) is 61.9 cm³/mol. The highest BCUT2D eigenvalue weighted by Crippen LogP contribution is 2.33. The minimum absolute atomic E-state index is 0.0255. The number of nitrogens with zero attached hydrogens (tertiary/aromatic N) is 1. The van der Waals surface area contributed by atoms with Crippen LogP contribution in [-0.2, 0) is 4.74 Å². The Morgan fingerprint density at radius 2 is 2.06 bits per heavy atom. The normalized spacial score (nSPS) is 10.7. The van der Waals surface area contributed by atoms with Crippen molar-refractivity contribution in [1.29, 1.82) is 5.26 Å². The summed E-state index contributed by atoms with van der Waals surface area (Å²) in [7, 11) is 1.03. The van der Waals surface area contributed by atoms with Gasteiger partial charge in [-0.3, -0.25) is 0 Å². The summed E-state index contributed by atoms with van der Waals surface area (Å²) in [5.74, 6) is -1.70. The Morgan fingerprint density at radius 1 is 1.44 bits per heavy atom. The van der Waals surface area contributed by atoms with Gasteiger partial charge in [-0.2, -0.15) is 5.26 Å². The number of carbonyl (C=O) groups is 1. The first-order valence-corrected chi connectivity index (χ1v) is 5.44. The summed E-state index contributed by atoms with van der Waals surface area (Å²) in [6.07, 6.45) is -4.96. The third kappa shape index (κ3) is 3.25. The monoisotopic (exact) mass is 371 g/mol. The summed E-state index contributed by atoms with van der Waals surface area (Å²) < 4.78 is 44.7. The van der Waals surface area contributed by atoms with Crippen molar-refractivity contribution in [2.45, 2.75) is 6.36 Å². The van der Waals surface area contributed by atoms with Gasteiger partial charge in [-0.1, -0.05) is 0 Å². The van der Waals surface area contributed by atoms with E-state index >= 15 is 0 Å². The number of halogens is 4. The Hall–Kier alpha value is -1.50. The van der Waals surface area contributed by atoms with Crippen molar-refractivity contribution in [3.63, 3.8) is 0 Å². The standard InChI is InChI=1S/C10H5F3INO3/c1-17-9(16)6-3-2-5(4-15)7(14)8(6)18-10(11,12)13/h2-3H,1H3. The van der Waals surface area contributed by atoms with Crippen molar-refractivity contribution in [3.05, 3.63) is 26.8 Å². The summed E-state index contributed by atoms with van der Waals surface area (Å²) in [4.78, 5) is 11.3. The van der Waals surface area contributed by atoms with E-state index in [-0.39, 0.29) is 9.13 Å². The van der Waals surface area contributed by atoms with Crippen LogP contribution in [0.1, 0.15) is 15.9 Å². The van der Waals surface area contributed by atoms with E-state index in [9.17, 15) is 18.0 Å². The Labute approximate surface area is 113 Å². The molecule has 0 amide bonds. The molecule has 4 nitrogen and oxygen atoms in total. The van der Waals surface area contributed by atoms with Crippen LogP contribution in [0.25, 0.3) is 0 Å². The highest BCUT2D eigenvalue weighted by atomic mass is 127. The van der Waals surface area contributed by atoms with E-state index in [2.05, 4.69) is 9.47 Å². The lowest BCUT2D eigenvalue weighted by Gasteiger charge is -2.14. The number of benzene rings is 1. The van der Waals surface area contributed by atoms with Crippen LogP contribution in [0.3, 0.4) is 0 Å². The second-order valence-electron chi connectivity index (χ2n) is 2.95. The first-order valence-electron chi connectivity index (χ1n) is 4.36. The average molecular weight is 371 g/mol. The van der Waals surface area contributed by atoms with Crippen LogP contribution in [0.5, 0.6) is 5.75 Å². The van der Waals surface area contributed by atoms with Crippen LogP contribution in [-0.4, -0.2) is 19.4 Å². The number of ether oxygens (including phenoxy) is 2. The fourth-order valence-corrected chi connectivity index (χ4v) is 1.83. The molecule has 0 heterocycles. The maximum atomic E-state index is 12.2. The minimum atomic E-state index is -4.96. The van der Waals surface area contributed by atoms with Crippen LogP contribution in [0.2, 0.25) is 0 Å². The molecule has 0 radical (unpaired) electrons. The van der Waals surface area contributed by atoms with Crippen molar-refractivity contribution in [2.24, 2.45) is 0 Å². The van der Waals surface area contributed by atoms with Gasteiger partial charge < -0.3 is 9.47 Å². The smallest absolute Gasteiger partial charge is 0.465 e. The summed E-state index contributed by atoms with van der Waals surface area (Å²) in [5.41, 5.74) is -0.416. The van der Waals surface area contributed by atoms with Crippen molar-refractivity contribution in [3.8, 4) is 11.8 Å². The molecule has 0 aliphatic carbocycles. The van der Waals surface area contributed by atoms with E-state index in [0.29, 0.717) is 0 Å². The topological polar surface area (TPSA) is 59.3 Å². The lowest BCUT2D eigenvalue weighted by molar-refractivity contribution is -0.275. The van der Waals surface area contributed by atoms with Gasteiger partial charge in [0.15, 0.2) is 5.75 Å². The third-order valence-electron chi connectivity index (χ3n) is 1.84. The van der Waals surface area contributed by atoms with Gasteiger partial charge in [0.25, 0.3) is 0 Å². The van der Waals surface area contributed by atoms with Gasteiger partial charge >= 0.3 is 12.3 Å². The average Bonchev–Trinajstić information content (AvgIpc) is 2.29. The van der Waals surface area contributed by atoms with Crippen molar-refractivity contribution in [1.82, 2.24) is 0 Å². The van der Waals surface area contributed by atoms with Crippen LogP contribution in [0, 0.1) is 14.9 Å². The molecule has 0 N–H and O–H groups in total. The molecule has 0 bridgehead atoms. The van der Waals surface area contributed by atoms with Gasteiger partial charge in [0.2, 0.25) is 0 Å². The van der Waals surface area contributed by atoms with Crippen LogP contribution in [0.4, 0.5) is 13.2 Å². The van der Waals surface area contributed by atoms with E-state index in [1.165, 1.54) is 28.7 Å². The molecule has 0 spiro atoms. The lowest BCUT2D eigenvalue weighted by atomic mass is 10.1. The van der Waals surface area contributed by atoms with Gasteiger partial charge in [-0.15, -0.1) is 13.2 Å². The zero-order chi connectivity index (χ0) is 13.9. The van der Waals surface area contributed by atoms with E-state index in [0.717, 1.165) is 13.2 Å². The molecule has 0 unspecified atom stereocenters. The number of esters is 1. The zero-order valence-corrected chi connectivity index (χ0v) is 11.0. The predicted octanol–water partition coefficient (Wildman–Crippen LogP) is 2.85. The number of nitriles is 1. The van der Waals surface area contributed by atoms with Crippen LogP contribution in [0.15, 0.2) is 12.1 Å². The Bertz CT molecular complexity index is 522. The fraction of sp³-hybridized carbons (Fsp3) is 0.200. The van der Waals surface area contributed by atoms with E-state index < -0.39 is 23.6 Å². The van der Waals surface area contributed by atoms with Gasteiger partial charge in [-0.25, -0.2) is 4.79 Å². The highest BCUT2D eigenvalue weighted by Gasteiger charge is 2.34. The first kappa shape index (κ1) is 14.6. The quantitative estimate of drug-likeness (QED) is 0.593. The molecule has 1 rings (SSSR count). The number of hydrogen-bond donors (Lipinski definition) is 0. The fourth-order valence-electron chi connectivity index (χ4n) is 1.13. The molecule has 0 saturated heterocycles. The SMILES string of the molecule is COC(=O)c1ccc(C#N)c(I)c1OC(F)(F)F. The molecule has 0 aliphatic heterocycles. The Morgan fingerprint density at radius 3 is 2.50 bits per heavy atom. The summed E-state index contributed by atoms with van der Waals surface area (Å²) in [6, 6.07) is 3.97. The number of rotatable bonds is 2. The molecule has 1 aromatic carbocycles. The highest BCUT2D eigenvalue weighted by molar-refractivity contribution is 14.1. The minimum Gasteiger partial charge on any atom is -0.465 e. The second-order valence-corrected chi connectivity index (χ2v) is 4.03. The molecule has 0 aliphatic rings. The summed E-state index contributed by atoms with van der Waals surface area (Å²) in [5, 5.41) is 8.72. The molecule has 0 aromatic heterocycles. The van der Waals surface area contributed by atoms with Crippen molar-refractivity contribution >= 4 is 28.6 Å². The molecule has 18 heavy (non-hydrogen) atoms. The zero-order valence-electron chi connectivity index (χ0n) is 8.84. The molecule has 0 fully saturated rings. The molecular weight excluding hydrogens is 366 g/mol. The van der Waals surface area contributed by atoms with Gasteiger partial charge in [0.05, 0.1) is 16.2 Å². The summed E-state index contributed by atoms with van der Waals surface area (Å²) >= 11 is 1.50. The molecule has 8 heteroatoms. The Kier molecular flexibility index (Phi) is 4.39. The van der Waals surface area contributed by atoms with Gasteiger partial charge in [-0.05, 0) is 34.7 Å². The van der Waals surface area contributed by atoms with Crippen molar-refractivity contribution < 1.29 is 27.4 Å². The number of alkyl halides is 3. The number of hydrogen-bond acceptors (Lipinski definition) is 4. The van der Waals surface area contributed by atoms with E-state index in [1.54, 1.807) is 6.07 Å². The molecule has 0 saturated carbocycles. The lowest BCUT2D eigenvalue weighted by Crippen LogP contribution is -2.20. The molecule has 0 atom stereocenters. The Balaban J connectivity index is 3.41. The molecular formula is C10H5F3INO3. The second kappa shape index (κ2) is 5.43. The van der Waals surface area contributed by atoms with Crippen LogP contribution < -0.4 is 4.74 Å². The number of methoxy groups -OCH3 is 1. The molecule has 96 valence electrons. The van der Waals surface area contributed by atoms with Gasteiger partial charge in [0.1, 0.15) is 11.6 Å². The maximum absolute atomic E-state index is 12.2. The number of carbonyl (C=O) groups excluding carboxylic acids is 1. The molecule has 1 aromatic rings. The van der Waals surface area contributed by atoms with Crippen LogP contribution >= 0.6 is 22.6 Å². The van der Waals surface area contributed by atoms with E-state index in [1.807, 2.05) is 0 Å². The largest absolute Gasteiger partial charge is 0.573 e.